The first-order valence-electron chi connectivity index (χ1n) is 6.98. The third-order valence-electron chi connectivity index (χ3n) is 3.57. The van der Waals surface area contributed by atoms with Gasteiger partial charge in [0.2, 0.25) is 0 Å². The standard InChI is InChI=1S/C17H19NO3/c1-11-3-5-15-12(7-11)8-14(21-15)10-20-17-9-13(18)4-6-16(17)19-2/h3-7,9,14H,8,10,18H2,1-2H3. The van der Waals surface area contributed by atoms with Gasteiger partial charge in [0.1, 0.15) is 18.5 Å². The molecule has 0 aromatic heterocycles. The Balaban J connectivity index is 1.66. The first-order chi connectivity index (χ1) is 10.2. The lowest BCUT2D eigenvalue weighted by Crippen LogP contribution is -2.22. The van der Waals surface area contributed by atoms with E-state index in [0.29, 0.717) is 23.8 Å². The minimum Gasteiger partial charge on any atom is -0.493 e. The topological polar surface area (TPSA) is 53.7 Å². The van der Waals surface area contributed by atoms with Crippen molar-refractivity contribution in [3.8, 4) is 17.2 Å². The van der Waals surface area contributed by atoms with Crippen molar-refractivity contribution in [2.24, 2.45) is 0 Å². The molecule has 0 saturated heterocycles. The summed E-state index contributed by atoms with van der Waals surface area (Å²) in [6.45, 7) is 2.55. The van der Waals surface area contributed by atoms with Crippen molar-refractivity contribution in [3.63, 3.8) is 0 Å². The van der Waals surface area contributed by atoms with E-state index in [0.717, 1.165) is 12.2 Å². The molecule has 1 unspecified atom stereocenters. The molecule has 0 fully saturated rings. The molecule has 21 heavy (non-hydrogen) atoms. The van der Waals surface area contributed by atoms with Crippen LogP contribution in [0.1, 0.15) is 11.1 Å². The van der Waals surface area contributed by atoms with E-state index >= 15 is 0 Å². The van der Waals surface area contributed by atoms with E-state index in [1.54, 1.807) is 25.3 Å². The molecule has 4 nitrogen and oxygen atoms in total. The second-order valence-corrected chi connectivity index (χ2v) is 5.28. The van der Waals surface area contributed by atoms with Crippen LogP contribution < -0.4 is 19.9 Å². The number of ether oxygens (including phenoxy) is 3. The molecule has 0 aliphatic carbocycles. The lowest BCUT2D eigenvalue weighted by molar-refractivity contribution is 0.146. The van der Waals surface area contributed by atoms with Crippen LogP contribution in [-0.2, 0) is 6.42 Å². The summed E-state index contributed by atoms with van der Waals surface area (Å²) in [5.41, 5.74) is 8.92. The van der Waals surface area contributed by atoms with Crippen LogP contribution in [0.2, 0.25) is 0 Å². The van der Waals surface area contributed by atoms with Crippen LogP contribution in [0, 0.1) is 6.92 Å². The summed E-state index contributed by atoms with van der Waals surface area (Å²) in [4.78, 5) is 0. The summed E-state index contributed by atoms with van der Waals surface area (Å²) in [5.74, 6) is 2.28. The lowest BCUT2D eigenvalue weighted by atomic mass is 10.1. The van der Waals surface area contributed by atoms with Crippen molar-refractivity contribution in [2.75, 3.05) is 19.5 Å². The SMILES string of the molecule is COc1ccc(N)cc1OCC1Cc2cc(C)ccc2O1. The molecular formula is C17H19NO3. The molecule has 0 bridgehead atoms. The number of aryl methyl sites for hydroxylation is 1. The van der Waals surface area contributed by atoms with E-state index in [-0.39, 0.29) is 6.10 Å². The molecule has 0 saturated carbocycles. The maximum atomic E-state index is 5.89. The predicted octanol–water partition coefficient (Wildman–Crippen LogP) is 2.97. The predicted molar refractivity (Wildman–Crippen MR) is 82.2 cm³/mol. The molecule has 1 aliphatic rings. The zero-order valence-electron chi connectivity index (χ0n) is 12.3. The Bertz CT molecular complexity index is 654. The van der Waals surface area contributed by atoms with Crippen LogP contribution in [0.3, 0.4) is 0 Å². The highest BCUT2D eigenvalue weighted by Crippen LogP contribution is 2.32. The van der Waals surface area contributed by atoms with E-state index in [2.05, 4.69) is 19.1 Å². The summed E-state index contributed by atoms with van der Waals surface area (Å²) in [6, 6.07) is 11.6. The van der Waals surface area contributed by atoms with Gasteiger partial charge in [-0.05, 0) is 30.7 Å². The van der Waals surface area contributed by atoms with Crippen LogP contribution >= 0.6 is 0 Å². The van der Waals surface area contributed by atoms with Gasteiger partial charge in [0.05, 0.1) is 7.11 Å². The van der Waals surface area contributed by atoms with Crippen molar-refractivity contribution in [1.29, 1.82) is 0 Å². The molecule has 4 heteroatoms. The molecule has 1 heterocycles. The Labute approximate surface area is 124 Å². The monoisotopic (exact) mass is 285 g/mol. The second-order valence-electron chi connectivity index (χ2n) is 5.28. The first kappa shape index (κ1) is 13.6. The molecule has 2 aromatic rings. The van der Waals surface area contributed by atoms with Gasteiger partial charge in [-0.3, -0.25) is 0 Å². The summed E-state index contributed by atoms with van der Waals surface area (Å²) in [5, 5.41) is 0. The van der Waals surface area contributed by atoms with Crippen LogP contribution in [0.4, 0.5) is 5.69 Å². The Hall–Kier alpha value is -2.36. The number of fused-ring (bicyclic) bond motifs is 1. The fourth-order valence-corrected chi connectivity index (χ4v) is 2.53. The number of rotatable bonds is 4. The van der Waals surface area contributed by atoms with E-state index in [9.17, 15) is 0 Å². The van der Waals surface area contributed by atoms with Gasteiger partial charge < -0.3 is 19.9 Å². The molecule has 0 amide bonds. The molecule has 1 aliphatic heterocycles. The molecule has 110 valence electrons. The van der Waals surface area contributed by atoms with E-state index in [1.807, 2.05) is 6.07 Å². The van der Waals surface area contributed by atoms with Crippen LogP contribution in [-0.4, -0.2) is 19.8 Å². The Kier molecular flexibility index (Phi) is 3.60. The number of nitrogen functional groups attached to an aromatic ring is 1. The van der Waals surface area contributed by atoms with Crippen LogP contribution in [0.5, 0.6) is 17.2 Å². The zero-order chi connectivity index (χ0) is 14.8. The maximum Gasteiger partial charge on any atom is 0.163 e. The van der Waals surface area contributed by atoms with Gasteiger partial charge in [-0.2, -0.15) is 0 Å². The quantitative estimate of drug-likeness (QED) is 0.877. The number of hydrogen-bond acceptors (Lipinski definition) is 4. The van der Waals surface area contributed by atoms with Gasteiger partial charge in [-0.1, -0.05) is 17.7 Å². The minimum atomic E-state index is 0.0212. The first-order valence-corrected chi connectivity index (χ1v) is 6.98. The molecule has 0 radical (unpaired) electrons. The average Bonchev–Trinajstić information content (AvgIpc) is 2.87. The van der Waals surface area contributed by atoms with Gasteiger partial charge >= 0.3 is 0 Å². The van der Waals surface area contributed by atoms with Crippen LogP contribution in [0.25, 0.3) is 0 Å². The molecule has 2 N–H and O–H groups in total. The van der Waals surface area contributed by atoms with E-state index < -0.39 is 0 Å². The Morgan fingerprint density at radius 1 is 1.19 bits per heavy atom. The minimum absolute atomic E-state index is 0.0212. The zero-order valence-corrected chi connectivity index (χ0v) is 12.3. The summed E-state index contributed by atoms with van der Waals surface area (Å²) >= 11 is 0. The normalized spacial score (nSPS) is 16.2. The molecule has 3 rings (SSSR count). The fraction of sp³-hybridized carbons (Fsp3) is 0.294. The van der Waals surface area contributed by atoms with Gasteiger partial charge in [0.15, 0.2) is 11.5 Å². The average molecular weight is 285 g/mol. The number of methoxy groups -OCH3 is 1. The largest absolute Gasteiger partial charge is 0.493 e. The van der Waals surface area contributed by atoms with Crippen molar-refractivity contribution in [1.82, 2.24) is 0 Å². The molecule has 1 atom stereocenters. The Morgan fingerprint density at radius 3 is 2.86 bits per heavy atom. The summed E-state index contributed by atoms with van der Waals surface area (Å²) in [7, 11) is 1.61. The van der Waals surface area contributed by atoms with Gasteiger partial charge in [0.25, 0.3) is 0 Å². The van der Waals surface area contributed by atoms with Crippen molar-refractivity contribution >= 4 is 5.69 Å². The van der Waals surface area contributed by atoms with Gasteiger partial charge in [0, 0.05) is 18.2 Å². The molecule has 2 aromatic carbocycles. The van der Waals surface area contributed by atoms with Crippen molar-refractivity contribution in [3.05, 3.63) is 47.5 Å². The number of anilines is 1. The second kappa shape index (κ2) is 5.56. The lowest BCUT2D eigenvalue weighted by Gasteiger charge is -2.15. The third-order valence-corrected chi connectivity index (χ3v) is 3.57. The van der Waals surface area contributed by atoms with E-state index in [4.69, 9.17) is 19.9 Å². The summed E-state index contributed by atoms with van der Waals surface area (Å²) in [6.07, 6.45) is 0.884. The number of benzene rings is 2. The van der Waals surface area contributed by atoms with Crippen LogP contribution in [0.15, 0.2) is 36.4 Å². The third kappa shape index (κ3) is 2.89. The highest BCUT2D eigenvalue weighted by Gasteiger charge is 2.23. The maximum absolute atomic E-state index is 5.89. The highest BCUT2D eigenvalue weighted by molar-refractivity contribution is 5.52. The van der Waals surface area contributed by atoms with Gasteiger partial charge in [-0.15, -0.1) is 0 Å². The molecular weight excluding hydrogens is 266 g/mol. The smallest absolute Gasteiger partial charge is 0.163 e. The van der Waals surface area contributed by atoms with Gasteiger partial charge in [-0.25, -0.2) is 0 Å². The highest BCUT2D eigenvalue weighted by atomic mass is 16.5. The van der Waals surface area contributed by atoms with Crippen molar-refractivity contribution < 1.29 is 14.2 Å². The Morgan fingerprint density at radius 2 is 2.05 bits per heavy atom. The fourth-order valence-electron chi connectivity index (χ4n) is 2.53. The molecule has 0 spiro atoms. The number of hydrogen-bond donors (Lipinski definition) is 1. The number of nitrogens with two attached hydrogens (primary N) is 1. The van der Waals surface area contributed by atoms with Crippen molar-refractivity contribution in [2.45, 2.75) is 19.4 Å². The van der Waals surface area contributed by atoms with E-state index in [1.165, 1.54) is 11.1 Å². The summed E-state index contributed by atoms with van der Waals surface area (Å²) < 4.78 is 17.0.